The minimum absolute atomic E-state index is 0.578. The summed E-state index contributed by atoms with van der Waals surface area (Å²) in [6.45, 7) is 5.65. The molecular formula is C18H22BrNO2. The predicted octanol–water partition coefficient (Wildman–Crippen LogP) is 4.15. The van der Waals surface area contributed by atoms with Gasteiger partial charge < -0.3 is 14.8 Å². The van der Waals surface area contributed by atoms with Crippen molar-refractivity contribution >= 4 is 15.9 Å². The van der Waals surface area contributed by atoms with Crippen LogP contribution in [0.25, 0.3) is 0 Å². The van der Waals surface area contributed by atoms with Gasteiger partial charge in [-0.3, -0.25) is 0 Å². The Balaban J connectivity index is 1.92. The molecule has 0 aliphatic heterocycles. The van der Waals surface area contributed by atoms with E-state index in [4.69, 9.17) is 9.47 Å². The van der Waals surface area contributed by atoms with Gasteiger partial charge in [-0.15, -0.1) is 0 Å². The predicted molar refractivity (Wildman–Crippen MR) is 93.1 cm³/mol. The molecule has 0 atom stereocenters. The van der Waals surface area contributed by atoms with E-state index < -0.39 is 0 Å². The Bertz CT molecular complexity index is 560. The van der Waals surface area contributed by atoms with E-state index in [-0.39, 0.29) is 0 Å². The Morgan fingerprint density at radius 2 is 1.91 bits per heavy atom. The first-order valence-electron chi connectivity index (χ1n) is 7.53. The van der Waals surface area contributed by atoms with Crippen LogP contribution in [0.5, 0.6) is 5.75 Å². The zero-order valence-electron chi connectivity index (χ0n) is 12.8. The molecule has 0 saturated carbocycles. The normalized spacial score (nSPS) is 10.6. The van der Waals surface area contributed by atoms with Crippen LogP contribution in [0.3, 0.4) is 0 Å². The van der Waals surface area contributed by atoms with E-state index >= 15 is 0 Å². The third kappa shape index (κ3) is 5.79. The number of halogens is 1. The highest BCUT2D eigenvalue weighted by atomic mass is 79.9. The van der Waals surface area contributed by atoms with E-state index in [0.29, 0.717) is 6.61 Å². The summed E-state index contributed by atoms with van der Waals surface area (Å²) >= 11 is 3.52. The average molecular weight is 364 g/mol. The number of rotatable bonds is 9. The Hall–Kier alpha value is -1.36. The second-order valence-corrected chi connectivity index (χ2v) is 5.82. The molecule has 0 radical (unpaired) electrons. The number of hydrogen-bond acceptors (Lipinski definition) is 3. The van der Waals surface area contributed by atoms with Gasteiger partial charge in [0.1, 0.15) is 12.4 Å². The van der Waals surface area contributed by atoms with Crippen LogP contribution in [0.4, 0.5) is 0 Å². The first-order chi connectivity index (χ1) is 10.8. The van der Waals surface area contributed by atoms with Crippen molar-refractivity contribution < 1.29 is 9.47 Å². The maximum absolute atomic E-state index is 5.96. The summed E-state index contributed by atoms with van der Waals surface area (Å²) in [5.41, 5.74) is 2.31. The van der Waals surface area contributed by atoms with Crippen LogP contribution < -0.4 is 10.1 Å². The smallest absolute Gasteiger partial charge is 0.124 e. The highest BCUT2D eigenvalue weighted by molar-refractivity contribution is 9.10. The van der Waals surface area contributed by atoms with Crippen molar-refractivity contribution in [3.63, 3.8) is 0 Å². The van der Waals surface area contributed by atoms with E-state index in [1.54, 1.807) is 0 Å². The van der Waals surface area contributed by atoms with Gasteiger partial charge in [-0.1, -0.05) is 46.3 Å². The molecule has 118 valence electrons. The summed E-state index contributed by atoms with van der Waals surface area (Å²) in [5.74, 6) is 0.913. The minimum atomic E-state index is 0.578. The van der Waals surface area contributed by atoms with E-state index in [1.165, 1.54) is 5.56 Å². The third-order valence-electron chi connectivity index (χ3n) is 3.20. The van der Waals surface area contributed by atoms with Gasteiger partial charge in [0, 0.05) is 29.7 Å². The standard InChI is InChI=1S/C18H22BrNO2/c1-2-21-11-10-20-13-16-12-17(19)8-9-18(16)22-14-15-6-4-3-5-7-15/h3-9,12,20H,2,10-11,13-14H2,1H3. The van der Waals surface area contributed by atoms with E-state index in [1.807, 2.05) is 37.3 Å². The van der Waals surface area contributed by atoms with Gasteiger partial charge in [-0.2, -0.15) is 0 Å². The first kappa shape index (κ1) is 17.0. The fourth-order valence-corrected chi connectivity index (χ4v) is 2.48. The van der Waals surface area contributed by atoms with Crippen molar-refractivity contribution in [1.82, 2.24) is 5.32 Å². The zero-order valence-corrected chi connectivity index (χ0v) is 14.4. The monoisotopic (exact) mass is 363 g/mol. The number of hydrogen-bond donors (Lipinski definition) is 1. The Morgan fingerprint density at radius 3 is 2.68 bits per heavy atom. The van der Waals surface area contributed by atoms with Gasteiger partial charge in [0.05, 0.1) is 6.61 Å². The maximum atomic E-state index is 5.96. The number of benzene rings is 2. The molecule has 0 heterocycles. The van der Waals surface area contributed by atoms with Crippen LogP contribution in [-0.4, -0.2) is 19.8 Å². The van der Waals surface area contributed by atoms with Crippen LogP contribution in [-0.2, 0) is 17.9 Å². The summed E-state index contributed by atoms with van der Waals surface area (Å²) in [6, 6.07) is 16.3. The third-order valence-corrected chi connectivity index (χ3v) is 3.70. The largest absolute Gasteiger partial charge is 0.489 e. The summed E-state index contributed by atoms with van der Waals surface area (Å²) in [7, 11) is 0. The van der Waals surface area contributed by atoms with Crippen molar-refractivity contribution in [2.45, 2.75) is 20.1 Å². The summed E-state index contributed by atoms with van der Waals surface area (Å²) in [6.07, 6.45) is 0. The summed E-state index contributed by atoms with van der Waals surface area (Å²) in [4.78, 5) is 0. The Kier molecular flexibility index (Phi) is 7.43. The quantitative estimate of drug-likeness (QED) is 0.678. The number of nitrogens with one attached hydrogen (secondary N) is 1. The highest BCUT2D eigenvalue weighted by Crippen LogP contribution is 2.24. The van der Waals surface area contributed by atoms with Gasteiger partial charge in [0.15, 0.2) is 0 Å². The molecule has 2 aromatic rings. The van der Waals surface area contributed by atoms with Crippen molar-refractivity contribution in [1.29, 1.82) is 0 Å². The molecule has 22 heavy (non-hydrogen) atoms. The highest BCUT2D eigenvalue weighted by Gasteiger charge is 2.05. The summed E-state index contributed by atoms with van der Waals surface area (Å²) < 4.78 is 12.3. The van der Waals surface area contributed by atoms with Crippen LogP contribution in [0.2, 0.25) is 0 Å². The fraction of sp³-hybridized carbons (Fsp3) is 0.333. The molecule has 1 N–H and O–H groups in total. The second kappa shape index (κ2) is 9.62. The van der Waals surface area contributed by atoms with Gasteiger partial charge in [0.2, 0.25) is 0 Å². The topological polar surface area (TPSA) is 30.5 Å². The number of ether oxygens (including phenoxy) is 2. The van der Waals surface area contributed by atoms with E-state index in [9.17, 15) is 0 Å². The average Bonchev–Trinajstić information content (AvgIpc) is 2.55. The first-order valence-corrected chi connectivity index (χ1v) is 8.32. The van der Waals surface area contributed by atoms with Gasteiger partial charge in [-0.25, -0.2) is 0 Å². The van der Waals surface area contributed by atoms with Crippen molar-refractivity contribution in [2.75, 3.05) is 19.8 Å². The molecule has 0 aromatic heterocycles. The van der Waals surface area contributed by atoms with Gasteiger partial charge in [0.25, 0.3) is 0 Å². The molecule has 0 amide bonds. The molecule has 2 rings (SSSR count). The SMILES string of the molecule is CCOCCNCc1cc(Br)ccc1OCc1ccccc1. The van der Waals surface area contributed by atoms with Crippen LogP contribution in [0.1, 0.15) is 18.1 Å². The van der Waals surface area contributed by atoms with Crippen LogP contribution >= 0.6 is 15.9 Å². The van der Waals surface area contributed by atoms with Crippen LogP contribution in [0.15, 0.2) is 53.0 Å². The molecule has 2 aromatic carbocycles. The van der Waals surface area contributed by atoms with E-state index in [0.717, 1.165) is 42.1 Å². The van der Waals surface area contributed by atoms with Gasteiger partial charge >= 0.3 is 0 Å². The molecule has 0 aliphatic rings. The van der Waals surface area contributed by atoms with Crippen molar-refractivity contribution in [3.8, 4) is 5.75 Å². The van der Waals surface area contributed by atoms with Crippen LogP contribution in [0, 0.1) is 0 Å². The lowest BCUT2D eigenvalue weighted by atomic mass is 10.2. The molecule has 3 nitrogen and oxygen atoms in total. The molecule has 4 heteroatoms. The Morgan fingerprint density at radius 1 is 1.09 bits per heavy atom. The van der Waals surface area contributed by atoms with Crippen molar-refractivity contribution in [2.24, 2.45) is 0 Å². The second-order valence-electron chi connectivity index (χ2n) is 4.90. The molecule has 0 unspecified atom stereocenters. The maximum Gasteiger partial charge on any atom is 0.124 e. The molecule has 0 saturated heterocycles. The fourth-order valence-electron chi connectivity index (χ4n) is 2.07. The molecule has 0 bridgehead atoms. The molecule has 0 fully saturated rings. The lowest BCUT2D eigenvalue weighted by molar-refractivity contribution is 0.149. The van der Waals surface area contributed by atoms with Crippen molar-refractivity contribution in [3.05, 3.63) is 64.1 Å². The molecule has 0 aliphatic carbocycles. The molecule has 0 spiro atoms. The molecular weight excluding hydrogens is 342 g/mol. The lowest BCUT2D eigenvalue weighted by Gasteiger charge is -2.13. The Labute approximate surface area is 140 Å². The minimum Gasteiger partial charge on any atom is -0.489 e. The zero-order chi connectivity index (χ0) is 15.6. The lowest BCUT2D eigenvalue weighted by Crippen LogP contribution is -2.19. The van der Waals surface area contributed by atoms with Gasteiger partial charge in [-0.05, 0) is 30.7 Å². The van der Waals surface area contributed by atoms with E-state index in [2.05, 4.69) is 39.4 Å². The summed E-state index contributed by atoms with van der Waals surface area (Å²) in [5, 5.41) is 3.38.